The van der Waals surface area contributed by atoms with Gasteiger partial charge in [0, 0.05) is 11.4 Å². The third-order valence-corrected chi connectivity index (χ3v) is 3.37. The quantitative estimate of drug-likeness (QED) is 0.356. The third-order valence-electron chi connectivity index (χ3n) is 3.37. The summed E-state index contributed by atoms with van der Waals surface area (Å²) in [6.45, 7) is 28.6. The molecule has 0 aliphatic rings. The molecule has 0 saturated heterocycles. The summed E-state index contributed by atoms with van der Waals surface area (Å²) in [6.07, 6.45) is 8.86. The Morgan fingerprint density at radius 2 is 1.52 bits per heavy atom. The summed E-state index contributed by atoms with van der Waals surface area (Å²) < 4.78 is 0. The van der Waals surface area contributed by atoms with Crippen molar-refractivity contribution in [3.63, 3.8) is 0 Å². The smallest absolute Gasteiger partial charge is 0.0375 e. The lowest BCUT2D eigenvalue weighted by Gasteiger charge is -2.14. The molecule has 1 nitrogen and oxygen atoms in total. The van der Waals surface area contributed by atoms with Gasteiger partial charge in [-0.2, -0.15) is 0 Å². The average molecular weight is 314 g/mol. The Morgan fingerprint density at radius 1 is 0.957 bits per heavy atom. The molecule has 1 heteroatoms. The highest BCUT2D eigenvalue weighted by molar-refractivity contribution is 5.32. The lowest BCUT2D eigenvalue weighted by Crippen LogP contribution is -2.10. The van der Waals surface area contributed by atoms with Gasteiger partial charge in [-0.15, -0.1) is 13.2 Å². The highest BCUT2D eigenvalue weighted by Gasteiger charge is 2.04. The molecule has 0 rings (SSSR count). The van der Waals surface area contributed by atoms with Crippen molar-refractivity contribution in [3.8, 4) is 0 Å². The minimum Gasteiger partial charge on any atom is -0.359 e. The Morgan fingerprint density at radius 3 is 1.91 bits per heavy atom. The van der Waals surface area contributed by atoms with Crippen LogP contribution in [0, 0.1) is 0 Å². The maximum Gasteiger partial charge on any atom is 0.0375 e. The Bertz CT molecular complexity index is 494. The van der Waals surface area contributed by atoms with Gasteiger partial charge >= 0.3 is 0 Å². The van der Waals surface area contributed by atoms with Crippen LogP contribution in [0.2, 0.25) is 0 Å². The zero-order valence-electron chi connectivity index (χ0n) is 15.9. The first-order chi connectivity index (χ1) is 10.8. The second kappa shape index (κ2) is 13.6. The van der Waals surface area contributed by atoms with Gasteiger partial charge in [-0.25, -0.2) is 0 Å². The van der Waals surface area contributed by atoms with Crippen molar-refractivity contribution in [2.45, 2.75) is 53.9 Å². The first-order valence-electron chi connectivity index (χ1n) is 8.08. The van der Waals surface area contributed by atoms with Crippen molar-refractivity contribution >= 4 is 0 Å². The van der Waals surface area contributed by atoms with Gasteiger partial charge in [-0.3, -0.25) is 0 Å². The SMILES string of the molecule is C=C.C=C/C(=C\C=C(C)C)NC(=C)CC/C(C(=C)C)=C(/C)CC. The largest absolute Gasteiger partial charge is 0.359 e. The van der Waals surface area contributed by atoms with Crippen LogP contribution < -0.4 is 5.32 Å². The van der Waals surface area contributed by atoms with Gasteiger partial charge in [0.2, 0.25) is 0 Å². The Labute approximate surface area is 144 Å². The molecule has 0 fully saturated rings. The molecule has 0 saturated carbocycles. The van der Waals surface area contributed by atoms with Gasteiger partial charge in [-0.1, -0.05) is 49.5 Å². The van der Waals surface area contributed by atoms with Crippen LogP contribution >= 0.6 is 0 Å². The van der Waals surface area contributed by atoms with Gasteiger partial charge in [0.25, 0.3) is 0 Å². The molecule has 0 aromatic rings. The molecule has 0 aromatic carbocycles. The van der Waals surface area contributed by atoms with E-state index in [0.717, 1.165) is 36.2 Å². The second-order valence-corrected chi connectivity index (χ2v) is 5.69. The monoisotopic (exact) mass is 313 g/mol. The van der Waals surface area contributed by atoms with Crippen molar-refractivity contribution in [1.82, 2.24) is 5.32 Å². The summed E-state index contributed by atoms with van der Waals surface area (Å²) in [5, 5.41) is 3.32. The first-order valence-corrected chi connectivity index (χ1v) is 8.08. The fourth-order valence-corrected chi connectivity index (χ4v) is 1.96. The average Bonchev–Trinajstić information content (AvgIpc) is 2.52. The molecular weight excluding hydrogens is 278 g/mol. The summed E-state index contributed by atoms with van der Waals surface area (Å²) in [5.41, 5.74) is 7.19. The molecule has 0 spiro atoms. The van der Waals surface area contributed by atoms with Crippen LogP contribution in [-0.4, -0.2) is 0 Å². The number of nitrogens with one attached hydrogen (secondary N) is 1. The van der Waals surface area contributed by atoms with E-state index in [-0.39, 0.29) is 0 Å². The van der Waals surface area contributed by atoms with E-state index in [9.17, 15) is 0 Å². The van der Waals surface area contributed by atoms with E-state index in [1.54, 1.807) is 0 Å². The zero-order chi connectivity index (χ0) is 18.4. The Hall–Kier alpha value is -2.02. The molecule has 0 aliphatic heterocycles. The highest BCUT2D eigenvalue weighted by Crippen LogP contribution is 2.22. The molecule has 1 N–H and O–H groups in total. The fraction of sp³-hybridized carbons (Fsp3) is 0.364. The van der Waals surface area contributed by atoms with E-state index < -0.39 is 0 Å². The van der Waals surface area contributed by atoms with Crippen LogP contribution in [0.3, 0.4) is 0 Å². The lowest BCUT2D eigenvalue weighted by atomic mass is 9.96. The molecule has 23 heavy (non-hydrogen) atoms. The molecule has 0 amide bonds. The van der Waals surface area contributed by atoms with Gasteiger partial charge in [0.1, 0.15) is 0 Å². The van der Waals surface area contributed by atoms with Gasteiger partial charge in [0.15, 0.2) is 0 Å². The predicted octanol–water partition coefficient (Wildman–Crippen LogP) is 7.01. The molecule has 0 heterocycles. The first kappa shape index (κ1) is 23.2. The van der Waals surface area contributed by atoms with E-state index in [1.165, 1.54) is 16.7 Å². The number of hydrogen-bond acceptors (Lipinski definition) is 1. The molecule has 0 atom stereocenters. The highest BCUT2D eigenvalue weighted by atomic mass is 14.9. The summed E-state index contributed by atoms with van der Waals surface area (Å²) in [7, 11) is 0. The van der Waals surface area contributed by atoms with Crippen LogP contribution in [0.5, 0.6) is 0 Å². The molecule has 0 bridgehead atoms. The van der Waals surface area contributed by atoms with Crippen LogP contribution in [0.25, 0.3) is 0 Å². The Balaban J connectivity index is 0. The van der Waals surface area contributed by atoms with Crippen LogP contribution in [-0.2, 0) is 0 Å². The van der Waals surface area contributed by atoms with Crippen LogP contribution in [0.15, 0.2) is 84.8 Å². The van der Waals surface area contributed by atoms with Gasteiger partial charge < -0.3 is 5.32 Å². The molecule has 0 radical (unpaired) electrons. The van der Waals surface area contributed by atoms with Crippen LogP contribution in [0.1, 0.15) is 53.9 Å². The van der Waals surface area contributed by atoms with Gasteiger partial charge in [0.05, 0.1) is 0 Å². The van der Waals surface area contributed by atoms with E-state index in [2.05, 4.69) is 78.9 Å². The third kappa shape index (κ3) is 11.2. The molecule has 0 aromatic heterocycles. The van der Waals surface area contributed by atoms with Crippen molar-refractivity contribution in [1.29, 1.82) is 0 Å². The summed E-state index contributed by atoms with van der Waals surface area (Å²) in [6, 6.07) is 0. The maximum atomic E-state index is 4.11. The summed E-state index contributed by atoms with van der Waals surface area (Å²) in [4.78, 5) is 0. The molecule has 0 unspecified atom stereocenters. The molecule has 128 valence electrons. The summed E-state index contributed by atoms with van der Waals surface area (Å²) >= 11 is 0. The zero-order valence-corrected chi connectivity index (χ0v) is 15.9. The van der Waals surface area contributed by atoms with E-state index in [0.29, 0.717) is 0 Å². The normalized spacial score (nSPS) is 11.4. The standard InChI is InChI=1S/C20H31N.C2H4/c1-9-17(7)20(16(5)6)14-12-18(8)21-19(10-2)13-11-15(3)4;1-2/h10-11,13,21H,2,5,8-9,12,14H2,1,3-4,6-7H3;1-2H2/b19-13+,20-17+;. The number of rotatable bonds is 9. The molecular formula is C22H35N. The van der Waals surface area contributed by atoms with Crippen molar-refractivity contribution in [2.75, 3.05) is 0 Å². The minimum absolute atomic E-state index is 0.902. The van der Waals surface area contributed by atoms with E-state index >= 15 is 0 Å². The molecule has 0 aliphatic carbocycles. The van der Waals surface area contributed by atoms with Gasteiger partial charge in [-0.05, 0) is 64.7 Å². The summed E-state index contributed by atoms with van der Waals surface area (Å²) in [5.74, 6) is 0. The van der Waals surface area contributed by atoms with Crippen molar-refractivity contribution in [3.05, 3.63) is 84.8 Å². The Kier molecular flexibility index (Phi) is 13.8. The fourth-order valence-electron chi connectivity index (χ4n) is 1.96. The predicted molar refractivity (Wildman–Crippen MR) is 108 cm³/mol. The maximum absolute atomic E-state index is 4.11. The number of hydrogen-bond donors (Lipinski definition) is 1. The van der Waals surface area contributed by atoms with Crippen molar-refractivity contribution in [2.24, 2.45) is 0 Å². The van der Waals surface area contributed by atoms with Crippen LogP contribution in [0.4, 0.5) is 0 Å². The topological polar surface area (TPSA) is 12.0 Å². The minimum atomic E-state index is 0.902. The second-order valence-electron chi connectivity index (χ2n) is 5.69. The van der Waals surface area contributed by atoms with E-state index in [4.69, 9.17) is 0 Å². The lowest BCUT2D eigenvalue weighted by molar-refractivity contribution is 0.833. The van der Waals surface area contributed by atoms with Crippen molar-refractivity contribution < 1.29 is 0 Å². The van der Waals surface area contributed by atoms with E-state index in [1.807, 2.05) is 12.2 Å². The number of allylic oxidation sites excluding steroid dienone is 8.